The van der Waals surface area contributed by atoms with Crippen LogP contribution in [0.1, 0.15) is 5.56 Å². The third-order valence-corrected chi connectivity index (χ3v) is 3.26. The molecule has 0 heterocycles. The summed E-state index contributed by atoms with van der Waals surface area (Å²) in [5.41, 5.74) is 3.37. The molecule has 113 valence electrons. The van der Waals surface area contributed by atoms with E-state index < -0.39 is 0 Å². The van der Waals surface area contributed by atoms with Crippen molar-refractivity contribution in [1.82, 2.24) is 0 Å². The molecule has 3 rings (SSSR count). The van der Waals surface area contributed by atoms with Crippen LogP contribution in [0.3, 0.4) is 0 Å². The summed E-state index contributed by atoms with van der Waals surface area (Å²) in [5, 5.41) is 10.4. The second-order valence-electron chi connectivity index (χ2n) is 4.70. The molecule has 0 spiro atoms. The van der Waals surface area contributed by atoms with E-state index in [1.807, 2.05) is 78.9 Å². The molecule has 0 aliphatic heterocycles. The summed E-state index contributed by atoms with van der Waals surface area (Å²) in [6, 6.07) is 25.2. The van der Waals surface area contributed by atoms with Gasteiger partial charge in [0.2, 0.25) is 0 Å². The van der Waals surface area contributed by atoms with E-state index in [-0.39, 0.29) is 5.75 Å². The maximum absolute atomic E-state index is 10.4. The summed E-state index contributed by atoms with van der Waals surface area (Å²) < 4.78 is 8.19. The van der Waals surface area contributed by atoms with E-state index in [1.54, 1.807) is 6.21 Å². The van der Waals surface area contributed by atoms with Gasteiger partial charge in [-0.1, -0.05) is 60.7 Å². The standard InChI is InChI=1S/C19H15NO.O.V/c21-19-16(14-20-17-11-5-2-6-12-17)10-7-13-18(19)15-8-3-1-4-9-15;;/h1-14,21H;;. The van der Waals surface area contributed by atoms with E-state index in [9.17, 15) is 5.11 Å². The maximum atomic E-state index is 10.4. The topological polar surface area (TPSA) is 49.7 Å². The summed E-state index contributed by atoms with van der Waals surface area (Å²) in [7, 11) is 0. The Morgan fingerprint density at radius 2 is 1.39 bits per heavy atom. The van der Waals surface area contributed by atoms with Gasteiger partial charge in [0.05, 0.1) is 5.69 Å². The van der Waals surface area contributed by atoms with Gasteiger partial charge < -0.3 is 5.11 Å². The van der Waals surface area contributed by atoms with E-state index in [0.29, 0.717) is 5.56 Å². The number of nitrogens with zero attached hydrogens (tertiary/aromatic N) is 1. The molecule has 0 atom stereocenters. The second kappa shape index (κ2) is 8.84. The first-order valence-electron chi connectivity index (χ1n) is 6.99. The predicted octanol–water partition coefficient (Wildman–Crippen LogP) is 4.69. The molecule has 3 aromatic carbocycles. The third-order valence-electron chi connectivity index (χ3n) is 3.26. The fourth-order valence-corrected chi connectivity index (χ4v) is 2.17. The van der Waals surface area contributed by atoms with E-state index in [0.717, 1.165) is 34.2 Å². The van der Waals surface area contributed by atoms with Crippen LogP contribution < -0.4 is 0 Å². The van der Waals surface area contributed by atoms with Crippen LogP contribution in [-0.2, 0) is 21.0 Å². The molecule has 4 heteroatoms. The summed E-state index contributed by atoms with van der Waals surface area (Å²) in [6.45, 7) is 0. The van der Waals surface area contributed by atoms with Crippen LogP contribution in [0.2, 0.25) is 0 Å². The average Bonchev–Trinajstić information content (AvgIpc) is 2.64. The number of phenols is 1. The van der Waals surface area contributed by atoms with Crippen molar-refractivity contribution in [2.75, 3.05) is 0 Å². The third kappa shape index (κ3) is 4.49. The molecule has 0 aliphatic carbocycles. The summed E-state index contributed by atoms with van der Waals surface area (Å²) in [5.74, 6) is 0.253. The van der Waals surface area contributed by atoms with Crippen LogP contribution in [0, 0.1) is 0 Å². The molecule has 23 heavy (non-hydrogen) atoms. The zero-order valence-electron chi connectivity index (χ0n) is 12.3. The van der Waals surface area contributed by atoms with Gasteiger partial charge in [0.15, 0.2) is 0 Å². The SMILES string of the molecule is Oc1c(C=Nc2ccccc2)cccc1-c1ccccc1.[O]=[V]. The van der Waals surface area contributed by atoms with Crippen molar-refractivity contribution >= 4 is 11.9 Å². The minimum atomic E-state index is 0.253. The zero-order chi connectivity index (χ0) is 16.5. The van der Waals surface area contributed by atoms with Gasteiger partial charge in [-0.2, -0.15) is 0 Å². The Bertz CT molecular complexity index is 774. The number of aromatic hydroxyl groups is 1. The fraction of sp³-hybridized carbons (Fsp3) is 0. The molecule has 0 aliphatic rings. The number of para-hydroxylation sites is 2. The van der Waals surface area contributed by atoms with Crippen LogP contribution in [0.5, 0.6) is 5.75 Å². The van der Waals surface area contributed by atoms with Crippen LogP contribution in [0.4, 0.5) is 5.69 Å². The Kier molecular flexibility index (Phi) is 6.48. The molecule has 0 fully saturated rings. The first-order chi connectivity index (χ1) is 11.3. The van der Waals surface area contributed by atoms with Gasteiger partial charge in [-0.05, 0) is 23.8 Å². The van der Waals surface area contributed by atoms with Crippen molar-refractivity contribution in [2.45, 2.75) is 0 Å². The van der Waals surface area contributed by atoms with E-state index >= 15 is 0 Å². The number of rotatable bonds is 3. The molecule has 1 N–H and O–H groups in total. The fourth-order valence-electron chi connectivity index (χ4n) is 2.17. The quantitative estimate of drug-likeness (QED) is 0.703. The second-order valence-corrected chi connectivity index (χ2v) is 4.70. The first-order valence-corrected chi connectivity index (χ1v) is 7.56. The molecular weight excluding hydrogens is 325 g/mol. The average molecular weight is 340 g/mol. The Morgan fingerprint density at radius 1 is 0.783 bits per heavy atom. The van der Waals surface area contributed by atoms with Crippen molar-refractivity contribution in [2.24, 2.45) is 4.99 Å². The number of phenolic OH excluding ortho intramolecular Hbond substituents is 1. The molecule has 0 amide bonds. The number of aliphatic imine (C=N–C) groups is 1. The minimum absolute atomic E-state index is 0.253. The van der Waals surface area contributed by atoms with Crippen molar-refractivity contribution in [3.8, 4) is 16.9 Å². The van der Waals surface area contributed by atoms with Gasteiger partial charge in [0.25, 0.3) is 0 Å². The van der Waals surface area contributed by atoms with Crippen molar-refractivity contribution in [3.63, 3.8) is 0 Å². The first kappa shape index (κ1) is 16.9. The Labute approximate surface area is 144 Å². The normalized spacial score (nSPS) is 10.0. The van der Waals surface area contributed by atoms with Gasteiger partial charge in [0.1, 0.15) is 5.75 Å². The van der Waals surface area contributed by atoms with Crippen LogP contribution >= 0.6 is 0 Å². The predicted molar refractivity (Wildman–Crippen MR) is 87.9 cm³/mol. The van der Waals surface area contributed by atoms with Gasteiger partial charge in [-0.15, -0.1) is 0 Å². The summed E-state index contributed by atoms with van der Waals surface area (Å²) in [6.07, 6.45) is 1.69. The van der Waals surface area contributed by atoms with E-state index in [2.05, 4.69) is 4.99 Å². The molecule has 0 bridgehead atoms. The van der Waals surface area contributed by atoms with Gasteiger partial charge in [-0.25, -0.2) is 0 Å². The van der Waals surface area contributed by atoms with Gasteiger partial charge in [-0.3, -0.25) is 4.99 Å². The Morgan fingerprint density at radius 3 is 2.04 bits per heavy atom. The van der Waals surface area contributed by atoms with Crippen molar-refractivity contribution < 1.29 is 26.1 Å². The molecule has 0 unspecified atom stereocenters. The van der Waals surface area contributed by atoms with E-state index in [1.165, 1.54) is 0 Å². The van der Waals surface area contributed by atoms with Crippen molar-refractivity contribution in [1.29, 1.82) is 0 Å². The Balaban J connectivity index is 0.000000924. The number of benzene rings is 3. The molecule has 3 aromatic rings. The number of hydrogen-bond donors (Lipinski definition) is 1. The molecule has 0 saturated heterocycles. The van der Waals surface area contributed by atoms with Crippen LogP contribution in [-0.4, -0.2) is 11.3 Å². The van der Waals surface area contributed by atoms with Crippen molar-refractivity contribution in [3.05, 3.63) is 84.4 Å². The molecule has 0 aromatic heterocycles. The Hall–Kier alpha value is -2.49. The monoisotopic (exact) mass is 340 g/mol. The molecule has 3 nitrogen and oxygen atoms in total. The summed E-state index contributed by atoms with van der Waals surface area (Å²) in [4.78, 5) is 4.39. The molecule has 0 saturated carbocycles. The van der Waals surface area contributed by atoms with E-state index in [4.69, 9.17) is 3.67 Å². The molecular formula is C19H15NO2V. The van der Waals surface area contributed by atoms with Crippen LogP contribution in [0.25, 0.3) is 11.1 Å². The number of hydrogen-bond acceptors (Lipinski definition) is 3. The molecule has 0 radical (unpaired) electrons. The van der Waals surface area contributed by atoms with Gasteiger partial charge >= 0.3 is 21.0 Å². The summed E-state index contributed by atoms with van der Waals surface area (Å²) >= 11 is 1.06. The van der Waals surface area contributed by atoms with Crippen LogP contribution in [0.15, 0.2) is 83.9 Å². The van der Waals surface area contributed by atoms with Gasteiger partial charge in [0, 0.05) is 17.3 Å². The zero-order valence-corrected chi connectivity index (χ0v) is 13.7.